The fourth-order valence-electron chi connectivity index (χ4n) is 3.87. The standard InChI is InChI=1S/C24H34N4O/c1-4-27(5-2)22-11-12-23(20(3)19-22)25-24(29)28-17-15-26(16-18-28)14-13-21-9-7-6-8-10-21/h6-12,19H,4-5,13-18H2,1-3H3,(H,25,29). The van der Waals surface area contributed by atoms with Gasteiger partial charge in [0.05, 0.1) is 0 Å². The Morgan fingerprint density at radius 2 is 1.69 bits per heavy atom. The van der Waals surface area contributed by atoms with Crippen LogP contribution in [0.2, 0.25) is 0 Å². The number of hydrogen-bond acceptors (Lipinski definition) is 3. The van der Waals surface area contributed by atoms with Crippen molar-refractivity contribution >= 4 is 17.4 Å². The largest absolute Gasteiger partial charge is 0.372 e. The van der Waals surface area contributed by atoms with Crippen molar-refractivity contribution in [3.05, 3.63) is 59.7 Å². The summed E-state index contributed by atoms with van der Waals surface area (Å²) < 4.78 is 0. The Kier molecular flexibility index (Phi) is 7.53. The number of anilines is 2. The maximum Gasteiger partial charge on any atom is 0.321 e. The highest BCUT2D eigenvalue weighted by molar-refractivity contribution is 5.90. The van der Waals surface area contributed by atoms with Crippen LogP contribution in [0.1, 0.15) is 25.0 Å². The van der Waals surface area contributed by atoms with Crippen molar-refractivity contribution in [1.82, 2.24) is 9.80 Å². The molecule has 1 heterocycles. The highest BCUT2D eigenvalue weighted by Gasteiger charge is 2.21. The van der Waals surface area contributed by atoms with E-state index in [1.807, 2.05) is 11.0 Å². The highest BCUT2D eigenvalue weighted by Crippen LogP contribution is 2.23. The number of benzene rings is 2. The molecule has 0 atom stereocenters. The normalized spacial score (nSPS) is 14.7. The average Bonchev–Trinajstić information content (AvgIpc) is 2.76. The fourth-order valence-corrected chi connectivity index (χ4v) is 3.87. The molecule has 5 nitrogen and oxygen atoms in total. The Balaban J connectivity index is 1.48. The summed E-state index contributed by atoms with van der Waals surface area (Å²) in [7, 11) is 0. The van der Waals surface area contributed by atoms with Crippen molar-refractivity contribution in [2.75, 3.05) is 56.0 Å². The first-order valence-corrected chi connectivity index (χ1v) is 10.8. The summed E-state index contributed by atoms with van der Waals surface area (Å²) in [6.45, 7) is 12.8. The molecule has 1 N–H and O–H groups in total. The van der Waals surface area contributed by atoms with Crippen LogP contribution >= 0.6 is 0 Å². The molecule has 156 valence electrons. The minimum atomic E-state index is 0.00592. The lowest BCUT2D eigenvalue weighted by atomic mass is 10.1. The van der Waals surface area contributed by atoms with Gasteiger partial charge in [-0.15, -0.1) is 0 Å². The van der Waals surface area contributed by atoms with Gasteiger partial charge < -0.3 is 15.1 Å². The number of hydrogen-bond donors (Lipinski definition) is 1. The maximum absolute atomic E-state index is 12.7. The van der Waals surface area contributed by atoms with Crippen LogP contribution in [0.15, 0.2) is 48.5 Å². The summed E-state index contributed by atoms with van der Waals surface area (Å²) in [5.41, 5.74) is 4.58. The zero-order valence-corrected chi connectivity index (χ0v) is 18.0. The van der Waals surface area contributed by atoms with E-state index in [9.17, 15) is 4.79 Å². The Bertz CT molecular complexity index is 781. The first-order valence-electron chi connectivity index (χ1n) is 10.8. The molecule has 0 radical (unpaired) electrons. The van der Waals surface area contributed by atoms with Crippen LogP contribution in [0.3, 0.4) is 0 Å². The first-order chi connectivity index (χ1) is 14.1. The Hall–Kier alpha value is -2.53. The molecule has 2 amide bonds. The van der Waals surface area contributed by atoms with Crippen LogP contribution < -0.4 is 10.2 Å². The molecule has 0 spiro atoms. The monoisotopic (exact) mass is 394 g/mol. The second-order valence-electron chi connectivity index (χ2n) is 7.67. The molecule has 5 heteroatoms. The van der Waals surface area contributed by atoms with Crippen molar-refractivity contribution < 1.29 is 4.79 Å². The molecule has 0 aromatic heterocycles. The smallest absolute Gasteiger partial charge is 0.321 e. The zero-order valence-electron chi connectivity index (χ0n) is 18.0. The van der Waals surface area contributed by atoms with E-state index >= 15 is 0 Å². The van der Waals surface area contributed by atoms with Crippen LogP contribution in [0, 0.1) is 6.92 Å². The number of urea groups is 1. The van der Waals surface area contributed by atoms with E-state index in [4.69, 9.17) is 0 Å². The molecular weight excluding hydrogens is 360 g/mol. The third-order valence-electron chi connectivity index (χ3n) is 5.80. The molecule has 0 aliphatic carbocycles. The second-order valence-corrected chi connectivity index (χ2v) is 7.67. The van der Waals surface area contributed by atoms with Gasteiger partial charge in [0.2, 0.25) is 0 Å². The predicted octanol–water partition coefficient (Wildman–Crippen LogP) is 4.23. The summed E-state index contributed by atoms with van der Waals surface area (Å²) in [4.78, 5) is 19.4. The van der Waals surface area contributed by atoms with Gasteiger partial charge in [0, 0.05) is 57.2 Å². The quantitative estimate of drug-likeness (QED) is 0.764. The SMILES string of the molecule is CCN(CC)c1ccc(NC(=O)N2CCN(CCc3ccccc3)CC2)c(C)c1. The third-order valence-corrected chi connectivity index (χ3v) is 5.80. The molecule has 1 aliphatic heterocycles. The molecule has 0 saturated carbocycles. The molecule has 1 fully saturated rings. The lowest BCUT2D eigenvalue weighted by Gasteiger charge is -2.34. The molecule has 29 heavy (non-hydrogen) atoms. The topological polar surface area (TPSA) is 38.8 Å². The minimum absolute atomic E-state index is 0.00592. The van der Waals surface area contributed by atoms with Gasteiger partial charge in [0.25, 0.3) is 0 Å². The molecule has 2 aromatic rings. The van der Waals surface area contributed by atoms with E-state index in [2.05, 4.69) is 78.4 Å². The predicted molar refractivity (Wildman–Crippen MR) is 122 cm³/mol. The molecule has 0 bridgehead atoms. The summed E-state index contributed by atoms with van der Waals surface area (Å²) >= 11 is 0. The summed E-state index contributed by atoms with van der Waals surface area (Å²) in [5.74, 6) is 0. The molecule has 1 aliphatic rings. The zero-order chi connectivity index (χ0) is 20.6. The number of rotatable bonds is 7. The number of amides is 2. The molecule has 2 aromatic carbocycles. The van der Waals surface area contributed by atoms with Gasteiger partial charge in [-0.05, 0) is 56.5 Å². The van der Waals surface area contributed by atoms with E-state index in [0.29, 0.717) is 0 Å². The summed E-state index contributed by atoms with van der Waals surface area (Å²) in [5, 5.41) is 3.10. The average molecular weight is 395 g/mol. The van der Waals surface area contributed by atoms with Crippen LogP contribution in [0.25, 0.3) is 0 Å². The number of carbonyl (C=O) groups is 1. The lowest BCUT2D eigenvalue weighted by molar-refractivity contribution is 0.148. The highest BCUT2D eigenvalue weighted by atomic mass is 16.2. The van der Waals surface area contributed by atoms with Gasteiger partial charge in [-0.1, -0.05) is 30.3 Å². The Labute approximate surface area is 175 Å². The van der Waals surface area contributed by atoms with Crippen molar-refractivity contribution in [2.24, 2.45) is 0 Å². The van der Waals surface area contributed by atoms with Gasteiger partial charge in [-0.3, -0.25) is 4.90 Å². The van der Waals surface area contributed by atoms with E-state index in [1.165, 1.54) is 11.3 Å². The van der Waals surface area contributed by atoms with Crippen LogP contribution in [-0.4, -0.2) is 61.6 Å². The molecule has 0 unspecified atom stereocenters. The van der Waals surface area contributed by atoms with E-state index in [1.54, 1.807) is 0 Å². The van der Waals surface area contributed by atoms with Crippen LogP contribution in [0.5, 0.6) is 0 Å². The van der Waals surface area contributed by atoms with E-state index in [-0.39, 0.29) is 6.03 Å². The van der Waals surface area contributed by atoms with E-state index < -0.39 is 0 Å². The number of nitrogens with zero attached hydrogens (tertiary/aromatic N) is 3. The minimum Gasteiger partial charge on any atom is -0.372 e. The number of aryl methyl sites for hydroxylation is 1. The van der Waals surface area contributed by atoms with Crippen LogP contribution in [0.4, 0.5) is 16.2 Å². The maximum atomic E-state index is 12.7. The lowest BCUT2D eigenvalue weighted by Crippen LogP contribution is -2.50. The Morgan fingerprint density at radius 3 is 2.31 bits per heavy atom. The van der Waals surface area contributed by atoms with Gasteiger partial charge in [-0.2, -0.15) is 0 Å². The molecule has 3 rings (SSSR count). The van der Waals surface area contributed by atoms with Gasteiger partial charge >= 0.3 is 6.03 Å². The summed E-state index contributed by atoms with van der Waals surface area (Å²) in [6.07, 6.45) is 1.06. The number of nitrogens with one attached hydrogen (secondary N) is 1. The van der Waals surface area contributed by atoms with Crippen molar-refractivity contribution in [2.45, 2.75) is 27.2 Å². The van der Waals surface area contributed by atoms with E-state index in [0.717, 1.165) is 63.5 Å². The van der Waals surface area contributed by atoms with Gasteiger partial charge in [0.15, 0.2) is 0 Å². The second kappa shape index (κ2) is 10.3. The summed E-state index contributed by atoms with van der Waals surface area (Å²) in [6, 6.07) is 16.9. The molecular formula is C24H34N4O. The Morgan fingerprint density at radius 1 is 1.00 bits per heavy atom. The van der Waals surface area contributed by atoms with Crippen molar-refractivity contribution in [1.29, 1.82) is 0 Å². The van der Waals surface area contributed by atoms with Crippen molar-refractivity contribution in [3.8, 4) is 0 Å². The fraction of sp³-hybridized carbons (Fsp3) is 0.458. The van der Waals surface area contributed by atoms with Crippen molar-refractivity contribution in [3.63, 3.8) is 0 Å². The van der Waals surface area contributed by atoms with Gasteiger partial charge in [0.1, 0.15) is 0 Å². The first kappa shape index (κ1) is 21.2. The van der Waals surface area contributed by atoms with Crippen LogP contribution in [-0.2, 0) is 6.42 Å². The molecule has 1 saturated heterocycles. The third kappa shape index (κ3) is 5.73. The van der Waals surface area contributed by atoms with Gasteiger partial charge in [-0.25, -0.2) is 4.79 Å². The number of piperazine rings is 1. The number of carbonyl (C=O) groups excluding carboxylic acids is 1.